The molecule has 0 bridgehead atoms. The topological polar surface area (TPSA) is 59.1 Å². The number of benzene rings is 2. The van der Waals surface area contributed by atoms with Crippen LogP contribution < -0.4 is 9.64 Å². The zero-order valence-electron chi connectivity index (χ0n) is 16.9. The van der Waals surface area contributed by atoms with E-state index in [9.17, 15) is 9.59 Å². The highest BCUT2D eigenvalue weighted by Crippen LogP contribution is 2.35. The molecule has 2 aliphatic rings. The van der Waals surface area contributed by atoms with Crippen molar-refractivity contribution in [2.45, 2.75) is 13.8 Å². The van der Waals surface area contributed by atoms with Crippen molar-refractivity contribution in [3.63, 3.8) is 0 Å². The van der Waals surface area contributed by atoms with E-state index in [1.165, 1.54) is 4.90 Å². The molecule has 0 spiro atoms. The minimum Gasteiger partial charge on any atom is -0.497 e. The van der Waals surface area contributed by atoms with Gasteiger partial charge in [0, 0.05) is 24.9 Å². The minimum atomic E-state index is -0.338. The molecule has 0 N–H and O–H groups in total. The molecule has 2 aromatic rings. The van der Waals surface area contributed by atoms with Crippen molar-refractivity contribution in [2.75, 3.05) is 38.3 Å². The third-order valence-corrected chi connectivity index (χ3v) is 5.33. The summed E-state index contributed by atoms with van der Waals surface area (Å²) in [4.78, 5) is 30.2. The number of hydrogen-bond donors (Lipinski definition) is 0. The summed E-state index contributed by atoms with van der Waals surface area (Å²) in [6.45, 7) is 6.55. The highest BCUT2D eigenvalue weighted by Gasteiger charge is 2.37. The van der Waals surface area contributed by atoms with Gasteiger partial charge in [-0.05, 0) is 43.7 Å². The highest BCUT2D eigenvalue weighted by atomic mass is 16.5. The summed E-state index contributed by atoms with van der Waals surface area (Å²) in [6, 6.07) is 11.0. The normalized spacial score (nSPS) is 18.2. The molecule has 150 valence electrons. The molecule has 2 aromatic carbocycles. The minimum absolute atomic E-state index is 0.314. The molecule has 1 fully saturated rings. The van der Waals surface area contributed by atoms with E-state index in [0.29, 0.717) is 54.4 Å². The quantitative estimate of drug-likeness (QED) is 0.593. The monoisotopic (exact) mass is 392 g/mol. The Morgan fingerprint density at radius 3 is 2.41 bits per heavy atom. The van der Waals surface area contributed by atoms with Crippen molar-refractivity contribution < 1.29 is 19.1 Å². The van der Waals surface area contributed by atoms with E-state index >= 15 is 0 Å². The molecular weight excluding hydrogens is 368 g/mol. The number of imide groups is 1. The fourth-order valence-electron chi connectivity index (χ4n) is 3.80. The van der Waals surface area contributed by atoms with Crippen molar-refractivity contribution >= 4 is 23.1 Å². The average molecular weight is 392 g/mol. The van der Waals surface area contributed by atoms with Crippen LogP contribution in [0.5, 0.6) is 5.75 Å². The number of anilines is 1. The first-order chi connectivity index (χ1) is 14.0. The van der Waals surface area contributed by atoms with E-state index in [2.05, 4.69) is 4.90 Å². The Morgan fingerprint density at radius 2 is 1.72 bits per heavy atom. The summed E-state index contributed by atoms with van der Waals surface area (Å²) in [7, 11) is 1.56. The van der Waals surface area contributed by atoms with Gasteiger partial charge in [-0.2, -0.15) is 0 Å². The summed E-state index contributed by atoms with van der Waals surface area (Å²) in [5, 5.41) is 0. The number of hydrogen-bond acceptors (Lipinski definition) is 5. The lowest BCUT2D eigenvalue weighted by atomic mass is 9.92. The Labute approximate surface area is 170 Å². The Bertz CT molecular complexity index is 1010. The van der Waals surface area contributed by atoms with Crippen LogP contribution in [0.1, 0.15) is 27.0 Å². The molecule has 4 rings (SSSR count). The summed E-state index contributed by atoms with van der Waals surface area (Å²) in [6.07, 6.45) is 1.86. The number of nitrogens with zero attached hydrogens (tertiary/aromatic N) is 2. The van der Waals surface area contributed by atoms with Crippen LogP contribution in [0, 0.1) is 13.8 Å². The number of rotatable bonds is 3. The van der Waals surface area contributed by atoms with Gasteiger partial charge < -0.3 is 14.4 Å². The molecule has 2 heterocycles. The van der Waals surface area contributed by atoms with Gasteiger partial charge >= 0.3 is 0 Å². The second-order valence-corrected chi connectivity index (χ2v) is 7.34. The molecule has 0 radical (unpaired) electrons. The second-order valence-electron chi connectivity index (χ2n) is 7.34. The zero-order chi connectivity index (χ0) is 20.5. The van der Waals surface area contributed by atoms with Crippen LogP contribution in [0.3, 0.4) is 0 Å². The fraction of sp³-hybridized carbons (Fsp3) is 0.304. The highest BCUT2D eigenvalue weighted by molar-refractivity contribution is 6.41. The maximum absolute atomic E-state index is 13.5. The average Bonchev–Trinajstić information content (AvgIpc) is 2.73. The molecule has 0 aliphatic carbocycles. The number of carbonyl (C=O) groups is 2. The van der Waals surface area contributed by atoms with Crippen LogP contribution >= 0.6 is 0 Å². The van der Waals surface area contributed by atoms with Gasteiger partial charge in [-0.1, -0.05) is 17.7 Å². The third-order valence-electron chi connectivity index (χ3n) is 5.33. The largest absolute Gasteiger partial charge is 0.497 e. The molecule has 1 saturated heterocycles. The van der Waals surface area contributed by atoms with Gasteiger partial charge in [0.05, 0.1) is 37.1 Å². The van der Waals surface area contributed by atoms with Crippen LogP contribution in [0.25, 0.3) is 5.57 Å². The van der Waals surface area contributed by atoms with Crippen LogP contribution in [-0.4, -0.2) is 50.1 Å². The number of morpholine rings is 1. The number of carbonyl (C=O) groups excluding carboxylic acids is 2. The molecule has 0 unspecified atom stereocenters. The van der Waals surface area contributed by atoms with Crippen LogP contribution in [-0.2, 0) is 9.53 Å². The van der Waals surface area contributed by atoms with E-state index < -0.39 is 0 Å². The van der Waals surface area contributed by atoms with E-state index in [-0.39, 0.29) is 11.8 Å². The lowest BCUT2D eigenvalue weighted by Crippen LogP contribution is -2.43. The smallest absolute Gasteiger partial charge is 0.267 e. The van der Waals surface area contributed by atoms with Crippen LogP contribution in [0.2, 0.25) is 0 Å². The van der Waals surface area contributed by atoms with Gasteiger partial charge in [0.25, 0.3) is 11.8 Å². The van der Waals surface area contributed by atoms with E-state index in [1.807, 2.05) is 38.2 Å². The van der Waals surface area contributed by atoms with Crippen molar-refractivity contribution in [3.05, 3.63) is 64.9 Å². The first-order valence-corrected chi connectivity index (χ1v) is 9.67. The Morgan fingerprint density at radius 1 is 0.966 bits per heavy atom. The SMILES string of the molecule is COc1ccc2c(c1)C(=O)N(c1ccc(C)cc1C)C(=O)/C2=C\N1CCOCC1. The van der Waals surface area contributed by atoms with Gasteiger partial charge in [-0.3, -0.25) is 9.59 Å². The van der Waals surface area contributed by atoms with Gasteiger partial charge in [0.2, 0.25) is 0 Å². The van der Waals surface area contributed by atoms with Crippen molar-refractivity contribution in [1.82, 2.24) is 4.90 Å². The summed E-state index contributed by atoms with van der Waals surface area (Å²) in [5.41, 5.74) is 4.16. The predicted molar refractivity (Wildman–Crippen MR) is 111 cm³/mol. The summed E-state index contributed by atoms with van der Waals surface area (Å²) in [5.74, 6) is -0.0705. The number of fused-ring (bicyclic) bond motifs is 1. The van der Waals surface area contributed by atoms with Crippen LogP contribution in [0.15, 0.2) is 42.6 Å². The molecule has 6 nitrogen and oxygen atoms in total. The van der Waals surface area contributed by atoms with Crippen molar-refractivity contribution in [3.8, 4) is 5.75 Å². The molecule has 0 atom stereocenters. The van der Waals surface area contributed by atoms with Crippen LogP contribution in [0.4, 0.5) is 5.69 Å². The maximum atomic E-state index is 13.5. The first kappa shape index (κ1) is 19.2. The lowest BCUT2D eigenvalue weighted by Gasteiger charge is -2.32. The Kier molecular flexibility index (Phi) is 5.11. The molecule has 2 amide bonds. The van der Waals surface area contributed by atoms with Gasteiger partial charge in [0.1, 0.15) is 5.75 Å². The van der Waals surface area contributed by atoms with E-state index in [0.717, 1.165) is 11.1 Å². The molecular formula is C23H24N2O4. The fourth-order valence-corrected chi connectivity index (χ4v) is 3.80. The Hall–Kier alpha value is -3.12. The molecule has 6 heteroatoms. The number of ether oxygens (including phenoxy) is 2. The Balaban J connectivity index is 1.87. The maximum Gasteiger partial charge on any atom is 0.267 e. The summed E-state index contributed by atoms with van der Waals surface area (Å²) >= 11 is 0. The molecule has 0 aromatic heterocycles. The molecule has 0 saturated carbocycles. The first-order valence-electron chi connectivity index (χ1n) is 9.67. The molecule has 29 heavy (non-hydrogen) atoms. The van der Waals surface area contributed by atoms with Crippen molar-refractivity contribution in [1.29, 1.82) is 0 Å². The zero-order valence-corrected chi connectivity index (χ0v) is 16.9. The third kappa shape index (κ3) is 3.51. The predicted octanol–water partition coefficient (Wildman–Crippen LogP) is 3.17. The molecule has 2 aliphatic heterocycles. The number of amides is 2. The van der Waals surface area contributed by atoms with Gasteiger partial charge in [-0.25, -0.2) is 4.90 Å². The van der Waals surface area contributed by atoms with Gasteiger partial charge in [-0.15, -0.1) is 0 Å². The van der Waals surface area contributed by atoms with E-state index in [4.69, 9.17) is 9.47 Å². The summed E-state index contributed by atoms with van der Waals surface area (Å²) < 4.78 is 10.7. The second kappa shape index (κ2) is 7.72. The lowest BCUT2D eigenvalue weighted by molar-refractivity contribution is -0.113. The number of aryl methyl sites for hydroxylation is 2. The number of methoxy groups -OCH3 is 1. The standard InChI is InChI=1S/C23H24N2O4/c1-15-4-7-21(16(2)12-15)25-22(26)19-13-17(28-3)5-6-18(19)20(23(25)27)14-24-8-10-29-11-9-24/h4-7,12-14H,8-11H2,1-3H3/b20-14-. The van der Waals surface area contributed by atoms with Crippen molar-refractivity contribution in [2.24, 2.45) is 0 Å². The van der Waals surface area contributed by atoms with E-state index in [1.54, 1.807) is 25.3 Å². The van der Waals surface area contributed by atoms with Gasteiger partial charge in [0.15, 0.2) is 0 Å².